The fraction of sp³-hybridized carbons (Fsp3) is 0.458. The number of aliphatic hydroxyl groups excluding tert-OH is 2. The molecule has 192 valence electrons. The third-order valence-corrected chi connectivity index (χ3v) is 6.39. The summed E-state index contributed by atoms with van der Waals surface area (Å²) in [5.74, 6) is -1.20. The van der Waals surface area contributed by atoms with Crippen molar-refractivity contribution in [3.05, 3.63) is 47.4 Å². The molecule has 2 aromatic rings. The Labute approximate surface area is 205 Å². The molecular weight excluding hydrogens is 477 g/mol. The number of hydrogen-bond acceptors (Lipinski definition) is 8. The van der Waals surface area contributed by atoms with Crippen LogP contribution in [0.25, 0.3) is 17.3 Å². The van der Waals surface area contributed by atoms with E-state index < -0.39 is 34.0 Å². The number of aliphatic hydroxyl groups is 2. The van der Waals surface area contributed by atoms with E-state index in [0.29, 0.717) is 22.5 Å². The van der Waals surface area contributed by atoms with Crippen LogP contribution in [-0.2, 0) is 19.6 Å². The zero-order chi connectivity index (χ0) is 26.3. The summed E-state index contributed by atoms with van der Waals surface area (Å²) in [6.45, 7) is 5.54. The highest BCUT2D eigenvalue weighted by Gasteiger charge is 2.24. The molecule has 0 spiro atoms. The highest BCUT2D eigenvalue weighted by atomic mass is 32.2. The first kappa shape index (κ1) is 28.3. The van der Waals surface area contributed by atoms with Gasteiger partial charge in [0.05, 0.1) is 43.4 Å². The Balaban J connectivity index is 2.60. The van der Waals surface area contributed by atoms with Crippen molar-refractivity contribution in [1.82, 2.24) is 9.97 Å². The predicted molar refractivity (Wildman–Crippen MR) is 132 cm³/mol. The minimum atomic E-state index is -3.66. The Hall–Kier alpha value is -2.89. The summed E-state index contributed by atoms with van der Waals surface area (Å²) in [5, 5.41) is 20.4. The molecule has 0 aliphatic heterocycles. The smallest absolute Gasteiger partial charge is 0.308 e. The molecular formula is C24H32FN3O6S. The van der Waals surface area contributed by atoms with Crippen molar-refractivity contribution in [2.75, 3.05) is 24.2 Å². The van der Waals surface area contributed by atoms with Crippen LogP contribution in [0.1, 0.15) is 50.8 Å². The molecule has 9 nitrogen and oxygen atoms in total. The van der Waals surface area contributed by atoms with Gasteiger partial charge >= 0.3 is 5.97 Å². The summed E-state index contributed by atoms with van der Waals surface area (Å²) in [5.41, 5.74) is 1.93. The van der Waals surface area contributed by atoms with Gasteiger partial charge in [-0.1, -0.05) is 26.0 Å². The van der Waals surface area contributed by atoms with E-state index in [4.69, 9.17) is 0 Å². The standard InChI is InChI=1S/C24H32FN3O6S/c1-6-28(35(5,32)33)24-26-22(15(2)3)20(23(27-24)16-7-9-17(25)10-8-16)12-11-18(29)13-19(30)14-21(31)34-4/h7-12,15,18-19,29-30H,6,13-14H2,1-5H3. The summed E-state index contributed by atoms with van der Waals surface area (Å²) < 4.78 is 43.9. The van der Waals surface area contributed by atoms with Crippen LogP contribution in [0.2, 0.25) is 0 Å². The lowest BCUT2D eigenvalue weighted by Gasteiger charge is -2.22. The van der Waals surface area contributed by atoms with Gasteiger partial charge in [0.2, 0.25) is 16.0 Å². The van der Waals surface area contributed by atoms with Crippen LogP contribution in [0.15, 0.2) is 30.3 Å². The molecule has 0 fully saturated rings. The fourth-order valence-corrected chi connectivity index (χ4v) is 4.31. The van der Waals surface area contributed by atoms with Crippen molar-refractivity contribution in [2.45, 2.75) is 51.7 Å². The highest BCUT2D eigenvalue weighted by Crippen LogP contribution is 2.32. The van der Waals surface area contributed by atoms with E-state index in [1.807, 2.05) is 13.8 Å². The third-order valence-electron chi connectivity index (χ3n) is 5.17. The number of aromatic nitrogens is 2. The van der Waals surface area contributed by atoms with E-state index in [9.17, 15) is 27.8 Å². The molecule has 2 N–H and O–H groups in total. The van der Waals surface area contributed by atoms with Crippen LogP contribution < -0.4 is 4.31 Å². The predicted octanol–water partition coefficient (Wildman–Crippen LogP) is 2.88. The van der Waals surface area contributed by atoms with E-state index >= 15 is 0 Å². The summed E-state index contributed by atoms with van der Waals surface area (Å²) in [6.07, 6.45) is 1.53. The molecule has 2 atom stereocenters. The zero-order valence-corrected chi connectivity index (χ0v) is 21.3. The number of benzene rings is 1. The largest absolute Gasteiger partial charge is 0.469 e. The molecule has 0 saturated carbocycles. The molecule has 0 radical (unpaired) electrons. The van der Waals surface area contributed by atoms with Gasteiger partial charge in [0.25, 0.3) is 0 Å². The molecule has 1 aromatic carbocycles. The van der Waals surface area contributed by atoms with Gasteiger partial charge in [-0.2, -0.15) is 0 Å². The van der Waals surface area contributed by atoms with Crippen LogP contribution in [0.4, 0.5) is 10.3 Å². The molecule has 0 bridgehead atoms. The SMILES string of the molecule is CCN(c1nc(-c2ccc(F)cc2)c(C=CC(O)CC(O)CC(=O)OC)c(C(C)C)n1)S(C)(=O)=O. The quantitative estimate of drug-likeness (QED) is 0.442. The number of carbonyl (C=O) groups is 1. The van der Waals surface area contributed by atoms with Crippen molar-refractivity contribution in [2.24, 2.45) is 0 Å². The number of ether oxygens (including phenoxy) is 1. The van der Waals surface area contributed by atoms with E-state index in [2.05, 4.69) is 14.7 Å². The average molecular weight is 510 g/mol. The van der Waals surface area contributed by atoms with Gasteiger partial charge in [-0.15, -0.1) is 0 Å². The second-order valence-electron chi connectivity index (χ2n) is 8.36. The molecule has 2 unspecified atom stereocenters. The molecule has 0 saturated heterocycles. The topological polar surface area (TPSA) is 130 Å². The Morgan fingerprint density at radius 2 is 1.83 bits per heavy atom. The van der Waals surface area contributed by atoms with Crippen molar-refractivity contribution in [3.63, 3.8) is 0 Å². The number of methoxy groups -OCH3 is 1. The fourth-order valence-electron chi connectivity index (χ4n) is 3.47. The van der Waals surface area contributed by atoms with Crippen molar-refractivity contribution in [1.29, 1.82) is 0 Å². The van der Waals surface area contributed by atoms with Crippen LogP contribution in [0, 0.1) is 5.82 Å². The Bertz CT molecular complexity index is 1150. The number of anilines is 1. The molecule has 0 aliphatic carbocycles. The van der Waals surface area contributed by atoms with Gasteiger partial charge in [-0.3, -0.25) is 4.79 Å². The van der Waals surface area contributed by atoms with E-state index in [1.165, 1.54) is 37.5 Å². The van der Waals surface area contributed by atoms with Gasteiger partial charge in [0, 0.05) is 24.1 Å². The molecule has 1 heterocycles. The first-order valence-corrected chi connectivity index (χ1v) is 13.0. The summed E-state index contributed by atoms with van der Waals surface area (Å²) in [4.78, 5) is 20.4. The van der Waals surface area contributed by atoms with Crippen molar-refractivity contribution in [3.8, 4) is 11.3 Å². The van der Waals surface area contributed by atoms with Crippen LogP contribution in [-0.4, -0.2) is 66.7 Å². The number of sulfonamides is 1. The number of rotatable bonds is 11. The van der Waals surface area contributed by atoms with Gasteiger partial charge < -0.3 is 14.9 Å². The Kier molecular flexibility index (Phi) is 9.87. The van der Waals surface area contributed by atoms with Crippen molar-refractivity contribution >= 4 is 28.0 Å². The lowest BCUT2D eigenvalue weighted by atomic mass is 9.97. The highest BCUT2D eigenvalue weighted by molar-refractivity contribution is 7.92. The molecule has 2 rings (SSSR count). The number of esters is 1. The van der Waals surface area contributed by atoms with E-state index in [0.717, 1.165) is 10.6 Å². The maximum Gasteiger partial charge on any atom is 0.308 e. The normalized spacial score (nSPS) is 13.7. The van der Waals surface area contributed by atoms with Gasteiger partial charge in [-0.05, 0) is 37.1 Å². The molecule has 11 heteroatoms. The average Bonchev–Trinajstić information content (AvgIpc) is 2.77. The number of carbonyl (C=O) groups excluding carboxylic acids is 1. The summed E-state index contributed by atoms with van der Waals surface area (Å²) in [7, 11) is -2.44. The first-order valence-electron chi connectivity index (χ1n) is 11.1. The first-order chi connectivity index (χ1) is 16.4. The van der Waals surface area contributed by atoms with Crippen LogP contribution >= 0.6 is 0 Å². The molecule has 1 aromatic heterocycles. The maximum absolute atomic E-state index is 13.6. The Morgan fingerprint density at radius 3 is 2.34 bits per heavy atom. The summed E-state index contributed by atoms with van der Waals surface area (Å²) in [6, 6.07) is 5.59. The Morgan fingerprint density at radius 1 is 1.20 bits per heavy atom. The second-order valence-corrected chi connectivity index (χ2v) is 10.3. The molecule has 35 heavy (non-hydrogen) atoms. The minimum absolute atomic E-state index is 0.00998. The molecule has 0 amide bonds. The summed E-state index contributed by atoms with van der Waals surface area (Å²) >= 11 is 0. The monoisotopic (exact) mass is 509 g/mol. The van der Waals surface area contributed by atoms with Gasteiger partial charge in [0.15, 0.2) is 0 Å². The lowest BCUT2D eigenvalue weighted by Crippen LogP contribution is -2.31. The van der Waals surface area contributed by atoms with Gasteiger partial charge in [-0.25, -0.2) is 27.1 Å². The van der Waals surface area contributed by atoms with E-state index in [-0.39, 0.29) is 31.3 Å². The molecule has 0 aliphatic rings. The lowest BCUT2D eigenvalue weighted by molar-refractivity contribution is -0.143. The zero-order valence-electron chi connectivity index (χ0n) is 20.5. The van der Waals surface area contributed by atoms with E-state index in [1.54, 1.807) is 13.0 Å². The number of halogens is 1. The number of hydrogen-bond donors (Lipinski definition) is 2. The second kappa shape index (κ2) is 12.2. The minimum Gasteiger partial charge on any atom is -0.469 e. The van der Waals surface area contributed by atoms with Gasteiger partial charge in [0.1, 0.15) is 5.82 Å². The third kappa shape index (κ3) is 7.81. The van der Waals surface area contributed by atoms with Crippen LogP contribution in [0.3, 0.4) is 0 Å². The maximum atomic E-state index is 13.6. The van der Waals surface area contributed by atoms with Crippen LogP contribution in [0.5, 0.6) is 0 Å². The van der Waals surface area contributed by atoms with Crippen molar-refractivity contribution < 1.29 is 32.6 Å². The number of nitrogens with zero attached hydrogens (tertiary/aromatic N) is 3.